The molecule has 336 valence electrons. The Hall–Kier alpha value is -2.63. The van der Waals surface area contributed by atoms with Crippen molar-refractivity contribution >= 4 is 17.9 Å². The van der Waals surface area contributed by atoms with E-state index in [1.165, 1.54) is 122 Å². The maximum absolute atomic E-state index is 12.7. The van der Waals surface area contributed by atoms with E-state index >= 15 is 0 Å². The summed E-state index contributed by atoms with van der Waals surface area (Å²) in [7, 11) is 0. The Morgan fingerprint density at radius 1 is 0.362 bits per heavy atom. The number of carbonyl (C=O) groups is 3. The SMILES string of the molecule is CC\C=C/C=C\C=C/CCCCCCCC(=O)OC(COC(=O)CCC/C=C\CCCCCC)COC(=O)CCCCCCCCCCCCCCCCCCCC. The second kappa shape index (κ2) is 47.1. The summed E-state index contributed by atoms with van der Waals surface area (Å²) in [5.74, 6) is -0.942. The van der Waals surface area contributed by atoms with Crippen LogP contribution in [0.3, 0.4) is 0 Å². The molecule has 0 aromatic heterocycles. The van der Waals surface area contributed by atoms with Crippen molar-refractivity contribution in [2.24, 2.45) is 0 Å². The lowest BCUT2D eigenvalue weighted by molar-refractivity contribution is -0.167. The van der Waals surface area contributed by atoms with Gasteiger partial charge in [0.05, 0.1) is 0 Å². The van der Waals surface area contributed by atoms with Crippen LogP contribution in [0, 0.1) is 0 Å². The molecule has 0 aliphatic carbocycles. The molecule has 0 N–H and O–H groups in total. The van der Waals surface area contributed by atoms with Crippen LogP contribution in [0.1, 0.15) is 245 Å². The number of rotatable bonds is 44. The van der Waals surface area contributed by atoms with Crippen molar-refractivity contribution in [2.45, 2.75) is 252 Å². The standard InChI is InChI=1S/C52H92O6/c1-4-7-10-13-16-19-21-23-24-25-26-27-29-30-33-36-39-42-45-51(54)57-48-49(47-56-50(53)44-41-38-35-32-18-15-12-9-6-3)58-52(55)46-43-40-37-34-31-28-22-20-17-14-11-8-5-2/h8,11,14,17,20,22,32,35,49H,4-7,9-10,12-13,15-16,18-19,21,23-31,33-34,36-48H2,1-3H3/b11-8-,17-14-,22-20-,35-32-. The third kappa shape index (κ3) is 44.5. The molecule has 0 amide bonds. The van der Waals surface area contributed by atoms with Crippen molar-refractivity contribution in [1.82, 2.24) is 0 Å². The zero-order chi connectivity index (χ0) is 42.3. The first-order valence-corrected chi connectivity index (χ1v) is 24.7. The molecule has 0 radical (unpaired) electrons. The summed E-state index contributed by atoms with van der Waals surface area (Å²) in [5, 5.41) is 0. The second-order valence-corrected chi connectivity index (χ2v) is 16.4. The van der Waals surface area contributed by atoms with Crippen LogP contribution >= 0.6 is 0 Å². The summed E-state index contributed by atoms with van der Waals surface area (Å²) < 4.78 is 16.7. The van der Waals surface area contributed by atoms with Gasteiger partial charge < -0.3 is 14.2 Å². The normalized spacial score (nSPS) is 12.4. The second-order valence-electron chi connectivity index (χ2n) is 16.4. The van der Waals surface area contributed by atoms with E-state index in [0.29, 0.717) is 25.7 Å². The molecule has 0 saturated heterocycles. The van der Waals surface area contributed by atoms with Crippen molar-refractivity contribution in [2.75, 3.05) is 13.2 Å². The van der Waals surface area contributed by atoms with Crippen LogP contribution in [-0.4, -0.2) is 37.2 Å². The molecule has 0 aromatic carbocycles. The Balaban J connectivity index is 4.31. The monoisotopic (exact) mass is 813 g/mol. The number of unbranched alkanes of at least 4 members (excludes halogenated alkanes) is 27. The summed E-state index contributed by atoms with van der Waals surface area (Å²) in [6, 6.07) is 0. The van der Waals surface area contributed by atoms with Crippen molar-refractivity contribution < 1.29 is 28.6 Å². The zero-order valence-corrected chi connectivity index (χ0v) is 38.3. The van der Waals surface area contributed by atoms with Crippen molar-refractivity contribution in [3.05, 3.63) is 48.6 Å². The summed E-state index contributed by atoms with van der Waals surface area (Å²) in [5.41, 5.74) is 0. The molecule has 0 aromatic rings. The highest BCUT2D eigenvalue weighted by Crippen LogP contribution is 2.15. The lowest BCUT2D eigenvalue weighted by Gasteiger charge is -2.18. The maximum atomic E-state index is 12.7. The smallest absolute Gasteiger partial charge is 0.306 e. The van der Waals surface area contributed by atoms with Gasteiger partial charge in [0.25, 0.3) is 0 Å². The minimum atomic E-state index is -0.790. The van der Waals surface area contributed by atoms with Gasteiger partial charge in [0.1, 0.15) is 13.2 Å². The van der Waals surface area contributed by atoms with E-state index in [9.17, 15) is 14.4 Å². The quantitative estimate of drug-likeness (QED) is 0.0200. The predicted octanol–water partition coefficient (Wildman–Crippen LogP) is 15.9. The van der Waals surface area contributed by atoms with Gasteiger partial charge in [-0.3, -0.25) is 14.4 Å². The van der Waals surface area contributed by atoms with E-state index in [0.717, 1.165) is 77.0 Å². The predicted molar refractivity (Wildman–Crippen MR) is 247 cm³/mol. The van der Waals surface area contributed by atoms with Gasteiger partial charge in [-0.25, -0.2) is 0 Å². The number of hydrogen-bond acceptors (Lipinski definition) is 6. The summed E-state index contributed by atoms with van der Waals surface area (Å²) in [6.45, 7) is 6.44. The zero-order valence-electron chi connectivity index (χ0n) is 38.3. The Labute approximate surface area is 358 Å². The minimum absolute atomic E-state index is 0.0880. The van der Waals surface area contributed by atoms with E-state index in [4.69, 9.17) is 14.2 Å². The third-order valence-corrected chi connectivity index (χ3v) is 10.6. The van der Waals surface area contributed by atoms with Gasteiger partial charge in [0.2, 0.25) is 0 Å². The average molecular weight is 813 g/mol. The van der Waals surface area contributed by atoms with Gasteiger partial charge in [0.15, 0.2) is 6.10 Å². The molecular weight excluding hydrogens is 721 g/mol. The van der Waals surface area contributed by atoms with Gasteiger partial charge in [-0.2, -0.15) is 0 Å². The number of allylic oxidation sites excluding steroid dienone is 8. The molecule has 1 atom stereocenters. The van der Waals surface area contributed by atoms with Gasteiger partial charge in [-0.05, 0) is 57.8 Å². The fraction of sp³-hybridized carbons (Fsp3) is 0.788. The molecule has 0 fully saturated rings. The third-order valence-electron chi connectivity index (χ3n) is 10.6. The summed E-state index contributed by atoms with van der Waals surface area (Å²) in [4.78, 5) is 37.8. The van der Waals surface area contributed by atoms with Crippen LogP contribution in [0.5, 0.6) is 0 Å². The van der Waals surface area contributed by atoms with E-state index in [-0.39, 0.29) is 31.1 Å². The van der Waals surface area contributed by atoms with E-state index < -0.39 is 6.10 Å². The molecule has 6 nitrogen and oxygen atoms in total. The molecule has 0 aliphatic heterocycles. The molecular formula is C52H92O6. The van der Waals surface area contributed by atoms with Crippen LogP contribution in [0.25, 0.3) is 0 Å². The molecule has 0 heterocycles. The largest absolute Gasteiger partial charge is 0.462 e. The Morgan fingerprint density at radius 2 is 0.707 bits per heavy atom. The number of hydrogen-bond donors (Lipinski definition) is 0. The van der Waals surface area contributed by atoms with E-state index in [1.54, 1.807) is 0 Å². The van der Waals surface area contributed by atoms with Crippen LogP contribution in [0.2, 0.25) is 0 Å². The lowest BCUT2D eigenvalue weighted by atomic mass is 10.0. The molecule has 0 aliphatic rings. The lowest BCUT2D eigenvalue weighted by Crippen LogP contribution is -2.30. The van der Waals surface area contributed by atoms with Gasteiger partial charge in [-0.15, -0.1) is 0 Å². The van der Waals surface area contributed by atoms with Gasteiger partial charge in [0, 0.05) is 19.3 Å². The molecule has 1 unspecified atom stereocenters. The fourth-order valence-corrected chi connectivity index (χ4v) is 6.92. The highest BCUT2D eigenvalue weighted by Gasteiger charge is 2.19. The Bertz CT molecular complexity index is 1030. The Morgan fingerprint density at radius 3 is 1.17 bits per heavy atom. The highest BCUT2D eigenvalue weighted by molar-refractivity contribution is 5.71. The molecule has 0 spiro atoms. The molecule has 6 heteroatoms. The van der Waals surface area contributed by atoms with Crippen molar-refractivity contribution in [3.8, 4) is 0 Å². The number of ether oxygens (including phenoxy) is 3. The molecule has 0 bridgehead atoms. The maximum Gasteiger partial charge on any atom is 0.306 e. The topological polar surface area (TPSA) is 78.9 Å². The highest BCUT2D eigenvalue weighted by atomic mass is 16.6. The minimum Gasteiger partial charge on any atom is -0.462 e. The number of carbonyl (C=O) groups excluding carboxylic acids is 3. The van der Waals surface area contributed by atoms with Gasteiger partial charge in [-0.1, -0.05) is 217 Å². The van der Waals surface area contributed by atoms with Crippen molar-refractivity contribution in [1.29, 1.82) is 0 Å². The first-order chi connectivity index (χ1) is 28.5. The van der Waals surface area contributed by atoms with Gasteiger partial charge >= 0.3 is 17.9 Å². The first-order valence-electron chi connectivity index (χ1n) is 24.7. The molecule has 58 heavy (non-hydrogen) atoms. The van der Waals surface area contributed by atoms with Crippen LogP contribution in [-0.2, 0) is 28.6 Å². The Kier molecular flexibility index (Phi) is 44.9. The van der Waals surface area contributed by atoms with Crippen LogP contribution in [0.15, 0.2) is 48.6 Å². The van der Waals surface area contributed by atoms with E-state index in [2.05, 4.69) is 69.4 Å². The summed E-state index contributed by atoms with van der Waals surface area (Å²) in [6.07, 6.45) is 55.4. The molecule has 0 saturated carbocycles. The van der Waals surface area contributed by atoms with Crippen LogP contribution < -0.4 is 0 Å². The molecule has 0 rings (SSSR count). The van der Waals surface area contributed by atoms with Crippen LogP contribution in [0.4, 0.5) is 0 Å². The van der Waals surface area contributed by atoms with E-state index in [1.807, 2.05) is 0 Å². The number of esters is 3. The van der Waals surface area contributed by atoms with Crippen molar-refractivity contribution in [3.63, 3.8) is 0 Å². The average Bonchev–Trinajstić information content (AvgIpc) is 3.22. The first kappa shape index (κ1) is 55.4. The summed E-state index contributed by atoms with van der Waals surface area (Å²) >= 11 is 0. The fourth-order valence-electron chi connectivity index (χ4n) is 6.92.